The molecule has 0 bridgehead atoms. The number of rotatable bonds is 7. The summed E-state index contributed by atoms with van der Waals surface area (Å²) in [6.07, 6.45) is 6.71. The number of carbonyl (C=O) groups excluding carboxylic acids is 1. The van der Waals surface area contributed by atoms with Crippen molar-refractivity contribution in [3.05, 3.63) is 12.2 Å². The zero-order valence-electron chi connectivity index (χ0n) is 15.9. The fraction of sp³-hybridized carbons (Fsp3) is 0.765. The van der Waals surface area contributed by atoms with E-state index in [2.05, 4.69) is 32.7 Å². The zero-order valence-corrected chi connectivity index (χ0v) is 15.9. The van der Waals surface area contributed by atoms with Crippen molar-refractivity contribution in [3.8, 4) is 0 Å². The lowest BCUT2D eigenvalue weighted by molar-refractivity contribution is -0.138. The first-order valence-corrected chi connectivity index (χ1v) is 9.05. The zero-order chi connectivity index (χ0) is 18.3. The first-order valence-electron chi connectivity index (χ1n) is 9.05. The highest BCUT2D eigenvalue weighted by molar-refractivity contribution is 5.85. The summed E-state index contributed by atoms with van der Waals surface area (Å²) in [6, 6.07) is 0. The average Bonchev–Trinajstić information content (AvgIpc) is 3.26. The number of aliphatic imine (C=N–C) groups is 1. The number of nitrogens with one attached hydrogen (secondary N) is 2. The van der Waals surface area contributed by atoms with Crippen molar-refractivity contribution >= 4 is 11.9 Å². The molecule has 2 rings (SSSR count). The van der Waals surface area contributed by atoms with E-state index in [9.17, 15) is 4.79 Å². The van der Waals surface area contributed by atoms with Gasteiger partial charge in [-0.1, -0.05) is 19.8 Å². The Hall–Kier alpha value is -2.12. The molecule has 25 heavy (non-hydrogen) atoms. The van der Waals surface area contributed by atoms with E-state index in [0.717, 1.165) is 57.0 Å². The van der Waals surface area contributed by atoms with Gasteiger partial charge in [0, 0.05) is 47.2 Å². The largest absolute Gasteiger partial charge is 0.355 e. The molecule has 2 N–H and O–H groups in total. The summed E-state index contributed by atoms with van der Waals surface area (Å²) < 4.78 is 2.04. The Labute approximate surface area is 150 Å². The van der Waals surface area contributed by atoms with Crippen LogP contribution in [0.5, 0.6) is 0 Å². The van der Waals surface area contributed by atoms with Crippen LogP contribution < -0.4 is 10.6 Å². The van der Waals surface area contributed by atoms with E-state index < -0.39 is 0 Å². The Morgan fingerprint density at radius 2 is 2.08 bits per heavy atom. The van der Waals surface area contributed by atoms with Gasteiger partial charge in [-0.2, -0.15) is 0 Å². The van der Waals surface area contributed by atoms with Crippen LogP contribution >= 0.6 is 0 Å². The van der Waals surface area contributed by atoms with E-state index >= 15 is 0 Å². The van der Waals surface area contributed by atoms with Gasteiger partial charge in [0.05, 0.1) is 5.41 Å². The summed E-state index contributed by atoms with van der Waals surface area (Å²) in [5.74, 6) is 1.92. The van der Waals surface area contributed by atoms with E-state index in [-0.39, 0.29) is 11.3 Å². The third-order valence-corrected chi connectivity index (χ3v) is 4.90. The summed E-state index contributed by atoms with van der Waals surface area (Å²) >= 11 is 0. The number of nitrogens with zero attached hydrogens (tertiary/aromatic N) is 5. The van der Waals surface area contributed by atoms with E-state index in [1.165, 1.54) is 0 Å². The van der Waals surface area contributed by atoms with E-state index in [4.69, 9.17) is 0 Å². The topological polar surface area (TPSA) is 87.4 Å². The number of hydrogen-bond donors (Lipinski definition) is 2. The first-order chi connectivity index (χ1) is 12.0. The molecular weight excluding hydrogens is 318 g/mol. The Morgan fingerprint density at radius 1 is 1.36 bits per heavy atom. The second-order valence-corrected chi connectivity index (χ2v) is 6.83. The quantitative estimate of drug-likeness (QED) is 0.558. The smallest absolute Gasteiger partial charge is 0.230 e. The molecular formula is C17H31N7O. The van der Waals surface area contributed by atoms with Crippen molar-refractivity contribution in [2.75, 3.05) is 34.2 Å². The molecule has 0 atom stereocenters. The molecule has 1 aliphatic rings. The maximum Gasteiger partial charge on any atom is 0.230 e. The second-order valence-electron chi connectivity index (χ2n) is 6.83. The molecule has 0 aromatic carbocycles. The SMILES string of the molecule is CCc1nncn1CCNC(=NC)NCC1(C(=O)N(C)C)CCCC1. The Balaban J connectivity index is 1.86. The lowest BCUT2D eigenvalue weighted by Gasteiger charge is -2.31. The molecule has 8 nitrogen and oxygen atoms in total. The van der Waals surface area contributed by atoms with E-state index in [1.54, 1.807) is 18.3 Å². The van der Waals surface area contributed by atoms with Crippen molar-refractivity contribution in [1.29, 1.82) is 0 Å². The van der Waals surface area contributed by atoms with Gasteiger partial charge < -0.3 is 20.1 Å². The highest BCUT2D eigenvalue weighted by Gasteiger charge is 2.42. The van der Waals surface area contributed by atoms with Crippen molar-refractivity contribution in [1.82, 2.24) is 30.3 Å². The predicted molar refractivity (Wildman–Crippen MR) is 98.4 cm³/mol. The van der Waals surface area contributed by atoms with Crippen LogP contribution in [0.2, 0.25) is 0 Å². The first kappa shape index (κ1) is 19.2. The van der Waals surface area contributed by atoms with Gasteiger partial charge >= 0.3 is 0 Å². The highest BCUT2D eigenvalue weighted by atomic mass is 16.2. The number of carbonyl (C=O) groups is 1. The molecule has 1 amide bonds. The van der Waals surface area contributed by atoms with Crippen molar-refractivity contribution in [3.63, 3.8) is 0 Å². The minimum Gasteiger partial charge on any atom is -0.355 e. The van der Waals surface area contributed by atoms with Gasteiger partial charge in [0.25, 0.3) is 0 Å². The summed E-state index contributed by atoms with van der Waals surface area (Å²) in [4.78, 5) is 18.6. The molecule has 1 saturated carbocycles. The van der Waals surface area contributed by atoms with Crippen LogP contribution in [0, 0.1) is 5.41 Å². The van der Waals surface area contributed by atoms with Gasteiger partial charge in [0.15, 0.2) is 5.96 Å². The van der Waals surface area contributed by atoms with Crippen LogP contribution in [-0.4, -0.2) is 65.8 Å². The van der Waals surface area contributed by atoms with Crippen molar-refractivity contribution < 1.29 is 4.79 Å². The van der Waals surface area contributed by atoms with Crippen LogP contribution in [0.3, 0.4) is 0 Å². The molecule has 1 aromatic heterocycles. The molecule has 0 aliphatic heterocycles. The minimum absolute atomic E-state index is 0.213. The molecule has 1 aromatic rings. The van der Waals surface area contributed by atoms with E-state index in [1.807, 2.05) is 18.7 Å². The van der Waals surface area contributed by atoms with Crippen molar-refractivity contribution in [2.45, 2.75) is 45.6 Å². The third-order valence-electron chi connectivity index (χ3n) is 4.90. The predicted octanol–water partition coefficient (Wildman–Crippen LogP) is 0.654. The Morgan fingerprint density at radius 3 is 2.68 bits per heavy atom. The molecule has 0 saturated heterocycles. The van der Waals surface area contributed by atoms with Gasteiger partial charge in [0.1, 0.15) is 12.2 Å². The standard InChI is InChI=1S/C17H31N7O/c1-5-14-22-21-13-24(14)11-10-19-16(18-2)20-12-17(8-6-7-9-17)15(25)23(3)4/h13H,5-12H2,1-4H3,(H2,18,19,20). The molecule has 1 fully saturated rings. The Kier molecular flexibility index (Phi) is 6.78. The average molecular weight is 349 g/mol. The van der Waals surface area contributed by atoms with Gasteiger partial charge in [-0.25, -0.2) is 0 Å². The Bertz CT molecular complexity index is 588. The molecule has 1 heterocycles. The fourth-order valence-electron chi connectivity index (χ4n) is 3.50. The fourth-order valence-corrected chi connectivity index (χ4v) is 3.50. The third kappa shape index (κ3) is 4.70. The van der Waals surface area contributed by atoms with Crippen LogP contribution in [0.4, 0.5) is 0 Å². The summed E-state index contributed by atoms with van der Waals surface area (Å²) in [6.45, 7) is 4.19. The summed E-state index contributed by atoms with van der Waals surface area (Å²) in [7, 11) is 5.42. The molecule has 8 heteroatoms. The van der Waals surface area contributed by atoms with E-state index in [0.29, 0.717) is 6.54 Å². The van der Waals surface area contributed by atoms with Crippen LogP contribution in [-0.2, 0) is 17.8 Å². The monoisotopic (exact) mass is 349 g/mol. The molecule has 0 spiro atoms. The maximum atomic E-state index is 12.6. The molecule has 0 radical (unpaired) electrons. The normalized spacial score (nSPS) is 16.7. The number of aromatic nitrogens is 3. The van der Waals surface area contributed by atoms with Crippen LogP contribution in [0.1, 0.15) is 38.4 Å². The van der Waals surface area contributed by atoms with Crippen molar-refractivity contribution in [2.24, 2.45) is 10.4 Å². The molecule has 140 valence electrons. The van der Waals surface area contributed by atoms with Gasteiger partial charge in [-0.15, -0.1) is 10.2 Å². The van der Waals surface area contributed by atoms with Crippen LogP contribution in [0.15, 0.2) is 11.3 Å². The van der Waals surface area contributed by atoms with Gasteiger partial charge in [-0.05, 0) is 12.8 Å². The molecule has 0 unspecified atom stereocenters. The van der Waals surface area contributed by atoms with Crippen LogP contribution in [0.25, 0.3) is 0 Å². The summed E-state index contributed by atoms with van der Waals surface area (Å²) in [5.41, 5.74) is -0.301. The number of aryl methyl sites for hydroxylation is 1. The highest BCUT2D eigenvalue weighted by Crippen LogP contribution is 2.38. The second kappa shape index (κ2) is 8.82. The minimum atomic E-state index is -0.301. The lowest BCUT2D eigenvalue weighted by Crippen LogP contribution is -2.49. The summed E-state index contributed by atoms with van der Waals surface area (Å²) in [5, 5.41) is 14.7. The maximum absolute atomic E-state index is 12.6. The molecule has 1 aliphatic carbocycles. The number of hydrogen-bond acceptors (Lipinski definition) is 4. The van der Waals surface area contributed by atoms with Gasteiger partial charge in [0.2, 0.25) is 5.91 Å². The number of amides is 1. The van der Waals surface area contributed by atoms with Gasteiger partial charge in [-0.3, -0.25) is 9.79 Å². The lowest BCUT2D eigenvalue weighted by atomic mass is 9.84. The number of guanidine groups is 1.